The third-order valence-electron chi connectivity index (χ3n) is 2.83. The van der Waals surface area contributed by atoms with Crippen molar-refractivity contribution < 1.29 is 12.8 Å². The number of aryl methyl sites for hydroxylation is 1. The van der Waals surface area contributed by atoms with Gasteiger partial charge in [0, 0.05) is 24.7 Å². The van der Waals surface area contributed by atoms with Gasteiger partial charge < -0.3 is 10.6 Å². The van der Waals surface area contributed by atoms with Crippen molar-refractivity contribution >= 4 is 10.0 Å². The number of rotatable bonds is 6. The molecule has 114 valence electrons. The van der Waals surface area contributed by atoms with Gasteiger partial charge in [-0.25, -0.2) is 17.5 Å². The summed E-state index contributed by atoms with van der Waals surface area (Å²) in [7, 11) is 0.0451. The second-order valence-corrected chi connectivity index (χ2v) is 6.92. The van der Waals surface area contributed by atoms with Crippen LogP contribution in [0, 0.1) is 12.7 Å². The third-order valence-corrected chi connectivity index (χ3v) is 4.40. The zero-order valence-electron chi connectivity index (χ0n) is 12.3. The first-order chi connectivity index (χ1) is 9.17. The minimum Gasteiger partial charge on any atom is -0.326 e. The predicted molar refractivity (Wildman–Crippen MR) is 77.4 cm³/mol. The van der Waals surface area contributed by atoms with Crippen molar-refractivity contribution in [3.8, 4) is 0 Å². The van der Waals surface area contributed by atoms with Gasteiger partial charge in [-0.1, -0.05) is 0 Å². The Hall–Kier alpha value is -1.02. The first kappa shape index (κ1) is 17.0. The molecular formula is C13H22FN3O2S. The van der Waals surface area contributed by atoms with E-state index in [0.717, 1.165) is 0 Å². The summed E-state index contributed by atoms with van der Waals surface area (Å²) in [6, 6.07) is 2.35. The maximum absolute atomic E-state index is 13.7. The highest BCUT2D eigenvalue weighted by atomic mass is 32.2. The Morgan fingerprint density at radius 2 is 2.00 bits per heavy atom. The zero-order valence-corrected chi connectivity index (χ0v) is 13.1. The summed E-state index contributed by atoms with van der Waals surface area (Å²) in [5.41, 5.74) is 5.91. The van der Waals surface area contributed by atoms with Gasteiger partial charge >= 0.3 is 0 Å². The number of nitrogens with zero attached hydrogens (tertiary/aromatic N) is 1. The van der Waals surface area contributed by atoms with Gasteiger partial charge in [0.2, 0.25) is 10.0 Å². The Kier molecular flexibility index (Phi) is 5.64. The normalized spacial score (nSPS) is 13.8. The van der Waals surface area contributed by atoms with Gasteiger partial charge in [-0.3, -0.25) is 0 Å². The number of sulfonamides is 1. The van der Waals surface area contributed by atoms with Crippen LogP contribution in [0.25, 0.3) is 0 Å². The molecule has 0 aliphatic heterocycles. The van der Waals surface area contributed by atoms with Crippen LogP contribution in [-0.2, 0) is 16.6 Å². The van der Waals surface area contributed by atoms with Crippen LogP contribution in [0.3, 0.4) is 0 Å². The molecule has 0 bridgehead atoms. The SMILES string of the molecule is Cc1cc(S(=O)(=O)NC(C)CN(C)C)cc(CN)c1F. The van der Waals surface area contributed by atoms with Crippen LogP contribution in [0.4, 0.5) is 4.39 Å². The molecule has 1 unspecified atom stereocenters. The van der Waals surface area contributed by atoms with Gasteiger partial charge in [-0.2, -0.15) is 0 Å². The van der Waals surface area contributed by atoms with Gasteiger partial charge in [0.15, 0.2) is 0 Å². The first-order valence-electron chi connectivity index (χ1n) is 6.33. The monoisotopic (exact) mass is 303 g/mol. The summed E-state index contributed by atoms with van der Waals surface area (Å²) < 4.78 is 40.8. The molecular weight excluding hydrogens is 281 g/mol. The summed E-state index contributed by atoms with van der Waals surface area (Å²) in [6.45, 7) is 3.83. The van der Waals surface area contributed by atoms with Crippen molar-refractivity contribution in [2.45, 2.75) is 31.3 Å². The van der Waals surface area contributed by atoms with Crippen molar-refractivity contribution in [2.24, 2.45) is 5.73 Å². The molecule has 1 rings (SSSR count). The van der Waals surface area contributed by atoms with E-state index in [1.807, 2.05) is 19.0 Å². The third kappa shape index (κ3) is 4.24. The van der Waals surface area contributed by atoms with Gasteiger partial charge in [-0.15, -0.1) is 0 Å². The van der Waals surface area contributed by atoms with E-state index < -0.39 is 15.8 Å². The molecule has 20 heavy (non-hydrogen) atoms. The molecule has 0 aromatic heterocycles. The number of likely N-dealkylation sites (N-methyl/N-ethyl adjacent to an activating group) is 1. The number of halogens is 1. The van der Waals surface area contributed by atoms with Crippen LogP contribution >= 0.6 is 0 Å². The zero-order chi connectivity index (χ0) is 15.5. The van der Waals surface area contributed by atoms with Crippen molar-refractivity contribution in [1.29, 1.82) is 0 Å². The lowest BCUT2D eigenvalue weighted by molar-refractivity contribution is 0.370. The summed E-state index contributed by atoms with van der Waals surface area (Å²) >= 11 is 0. The van der Waals surface area contributed by atoms with Crippen LogP contribution in [0.1, 0.15) is 18.1 Å². The van der Waals surface area contributed by atoms with E-state index in [1.54, 1.807) is 6.92 Å². The quantitative estimate of drug-likeness (QED) is 0.816. The van der Waals surface area contributed by atoms with E-state index >= 15 is 0 Å². The minimum absolute atomic E-state index is 0.0384. The Balaban J connectivity index is 3.07. The largest absolute Gasteiger partial charge is 0.326 e. The highest BCUT2D eigenvalue weighted by Crippen LogP contribution is 2.19. The van der Waals surface area contributed by atoms with Crippen molar-refractivity contribution in [3.05, 3.63) is 29.1 Å². The van der Waals surface area contributed by atoms with Crippen molar-refractivity contribution in [2.75, 3.05) is 20.6 Å². The lowest BCUT2D eigenvalue weighted by Gasteiger charge is -2.19. The molecule has 5 nitrogen and oxygen atoms in total. The van der Waals surface area contributed by atoms with E-state index in [9.17, 15) is 12.8 Å². The minimum atomic E-state index is -3.68. The molecule has 0 amide bonds. The molecule has 1 aromatic rings. The van der Waals surface area contributed by atoms with Crippen LogP contribution in [-0.4, -0.2) is 40.0 Å². The summed E-state index contributed by atoms with van der Waals surface area (Å²) in [5.74, 6) is -0.451. The topological polar surface area (TPSA) is 75.4 Å². The average molecular weight is 303 g/mol. The Bertz CT molecular complexity index is 573. The van der Waals surface area contributed by atoms with Crippen LogP contribution in [0.2, 0.25) is 0 Å². The van der Waals surface area contributed by atoms with Gasteiger partial charge in [0.25, 0.3) is 0 Å². The van der Waals surface area contributed by atoms with E-state index in [1.165, 1.54) is 19.1 Å². The molecule has 0 saturated carbocycles. The van der Waals surface area contributed by atoms with Crippen LogP contribution in [0.5, 0.6) is 0 Å². The Morgan fingerprint density at radius 3 is 2.50 bits per heavy atom. The molecule has 0 aliphatic rings. The highest BCUT2D eigenvalue weighted by Gasteiger charge is 2.20. The molecule has 0 heterocycles. The van der Waals surface area contributed by atoms with Gasteiger partial charge in [0.05, 0.1) is 4.90 Å². The predicted octanol–water partition coefficient (Wildman–Crippen LogP) is 0.821. The molecule has 3 N–H and O–H groups in total. The number of nitrogens with one attached hydrogen (secondary N) is 1. The van der Waals surface area contributed by atoms with E-state index in [0.29, 0.717) is 6.54 Å². The van der Waals surface area contributed by atoms with E-state index in [-0.39, 0.29) is 28.6 Å². The second-order valence-electron chi connectivity index (χ2n) is 5.20. The Labute approximate surface area is 120 Å². The second kappa shape index (κ2) is 6.62. The smallest absolute Gasteiger partial charge is 0.240 e. The average Bonchev–Trinajstić information content (AvgIpc) is 2.30. The molecule has 0 spiro atoms. The lowest BCUT2D eigenvalue weighted by Crippen LogP contribution is -2.39. The number of benzene rings is 1. The molecule has 1 atom stereocenters. The molecule has 0 saturated heterocycles. The molecule has 0 fully saturated rings. The number of hydrogen-bond acceptors (Lipinski definition) is 4. The van der Waals surface area contributed by atoms with E-state index in [2.05, 4.69) is 4.72 Å². The fourth-order valence-electron chi connectivity index (χ4n) is 2.03. The van der Waals surface area contributed by atoms with E-state index in [4.69, 9.17) is 5.73 Å². The number of hydrogen-bond donors (Lipinski definition) is 2. The van der Waals surface area contributed by atoms with Crippen LogP contribution < -0.4 is 10.5 Å². The Morgan fingerprint density at radius 1 is 1.40 bits per heavy atom. The highest BCUT2D eigenvalue weighted by molar-refractivity contribution is 7.89. The fraction of sp³-hybridized carbons (Fsp3) is 0.538. The lowest BCUT2D eigenvalue weighted by atomic mass is 10.1. The maximum Gasteiger partial charge on any atom is 0.240 e. The van der Waals surface area contributed by atoms with Gasteiger partial charge in [0.1, 0.15) is 5.82 Å². The van der Waals surface area contributed by atoms with Crippen molar-refractivity contribution in [1.82, 2.24) is 9.62 Å². The summed E-state index contributed by atoms with van der Waals surface area (Å²) in [6.07, 6.45) is 0. The molecule has 0 aliphatic carbocycles. The molecule has 0 radical (unpaired) electrons. The van der Waals surface area contributed by atoms with Crippen molar-refractivity contribution in [3.63, 3.8) is 0 Å². The molecule has 1 aromatic carbocycles. The fourth-order valence-corrected chi connectivity index (χ4v) is 3.40. The number of nitrogens with two attached hydrogens (primary N) is 1. The summed E-state index contributed by atoms with van der Waals surface area (Å²) in [5, 5.41) is 0. The maximum atomic E-state index is 13.7. The molecule has 7 heteroatoms. The standard InChI is InChI=1S/C13H22FN3O2S/c1-9-5-12(6-11(7-15)13(9)14)20(18,19)16-10(2)8-17(3)4/h5-6,10,16H,7-8,15H2,1-4H3. The summed E-state index contributed by atoms with van der Waals surface area (Å²) in [4.78, 5) is 1.93. The van der Waals surface area contributed by atoms with Crippen LogP contribution in [0.15, 0.2) is 17.0 Å². The van der Waals surface area contributed by atoms with Gasteiger partial charge in [-0.05, 0) is 45.6 Å². The first-order valence-corrected chi connectivity index (χ1v) is 7.82.